The molecule has 2 N–H and O–H groups in total. The normalized spacial score (nSPS) is 12.3. The number of nitrogens with zero attached hydrogens (tertiary/aromatic N) is 2. The van der Waals surface area contributed by atoms with Gasteiger partial charge in [0.25, 0.3) is 0 Å². The summed E-state index contributed by atoms with van der Waals surface area (Å²) in [7, 11) is 3.42. The first kappa shape index (κ1) is 17.0. The van der Waals surface area contributed by atoms with Gasteiger partial charge >= 0.3 is 0 Å². The molecule has 1 aromatic carbocycles. The van der Waals surface area contributed by atoms with Gasteiger partial charge in [-0.25, -0.2) is 4.98 Å². The molecule has 6 nitrogen and oxygen atoms in total. The van der Waals surface area contributed by atoms with Gasteiger partial charge in [0.15, 0.2) is 5.96 Å². The van der Waals surface area contributed by atoms with E-state index in [9.17, 15) is 0 Å². The maximum atomic E-state index is 5.52. The number of aliphatic imine (C=N–C) groups is 1. The van der Waals surface area contributed by atoms with Gasteiger partial charge in [-0.3, -0.25) is 4.99 Å². The highest BCUT2D eigenvalue weighted by Gasteiger charge is 2.16. The molecule has 1 aromatic heterocycles. The van der Waals surface area contributed by atoms with E-state index in [0.29, 0.717) is 24.9 Å². The van der Waals surface area contributed by atoms with Crippen molar-refractivity contribution in [3.05, 3.63) is 42.3 Å². The summed E-state index contributed by atoms with van der Waals surface area (Å²) in [6.45, 7) is 5.20. The van der Waals surface area contributed by atoms with Crippen LogP contribution in [0.2, 0.25) is 0 Å². The molecular weight excluding hydrogens is 292 g/mol. The number of oxazole rings is 1. The molecule has 0 aliphatic carbocycles. The van der Waals surface area contributed by atoms with Crippen LogP contribution in [0.1, 0.15) is 19.5 Å². The van der Waals surface area contributed by atoms with Crippen LogP contribution in [-0.4, -0.2) is 37.2 Å². The van der Waals surface area contributed by atoms with Crippen LogP contribution in [-0.2, 0) is 11.3 Å². The van der Waals surface area contributed by atoms with Crippen LogP contribution in [0.15, 0.2) is 46.0 Å². The van der Waals surface area contributed by atoms with Crippen molar-refractivity contribution in [2.24, 2.45) is 4.99 Å². The van der Waals surface area contributed by atoms with Crippen molar-refractivity contribution in [3.63, 3.8) is 0 Å². The van der Waals surface area contributed by atoms with Gasteiger partial charge in [-0.1, -0.05) is 18.2 Å². The minimum atomic E-state index is -0.258. The lowest BCUT2D eigenvalue weighted by molar-refractivity contribution is 0.0268. The summed E-state index contributed by atoms with van der Waals surface area (Å²) in [5.74, 6) is 1.31. The number of hydrogen-bond donors (Lipinski definition) is 2. The average molecular weight is 316 g/mol. The predicted octanol–water partition coefficient (Wildman–Crippen LogP) is 2.43. The lowest BCUT2D eigenvalue weighted by Gasteiger charge is -2.24. The summed E-state index contributed by atoms with van der Waals surface area (Å²) < 4.78 is 10.9. The summed E-state index contributed by atoms with van der Waals surface area (Å²) in [5, 5.41) is 6.43. The molecule has 124 valence electrons. The van der Waals surface area contributed by atoms with Crippen molar-refractivity contribution in [1.29, 1.82) is 0 Å². The molecule has 0 unspecified atom stereocenters. The Balaban J connectivity index is 1.89. The van der Waals surface area contributed by atoms with Crippen molar-refractivity contribution in [3.8, 4) is 11.5 Å². The van der Waals surface area contributed by atoms with E-state index < -0.39 is 0 Å². The van der Waals surface area contributed by atoms with Crippen molar-refractivity contribution in [2.45, 2.75) is 26.0 Å². The molecular formula is C17H24N4O2. The molecule has 0 saturated carbocycles. The maximum absolute atomic E-state index is 5.52. The zero-order chi connectivity index (χ0) is 16.7. The minimum absolute atomic E-state index is 0.258. The van der Waals surface area contributed by atoms with Crippen molar-refractivity contribution in [2.75, 3.05) is 20.7 Å². The Morgan fingerprint density at radius 3 is 2.65 bits per heavy atom. The molecule has 0 atom stereocenters. The van der Waals surface area contributed by atoms with Gasteiger partial charge in [0.1, 0.15) is 6.26 Å². The van der Waals surface area contributed by atoms with Gasteiger partial charge < -0.3 is 19.8 Å². The largest absolute Gasteiger partial charge is 0.444 e. The van der Waals surface area contributed by atoms with Crippen LogP contribution in [0.5, 0.6) is 0 Å². The first-order valence-electron chi connectivity index (χ1n) is 7.53. The fraction of sp³-hybridized carbons (Fsp3) is 0.412. The Kier molecular flexibility index (Phi) is 5.76. The van der Waals surface area contributed by atoms with Crippen LogP contribution in [0.25, 0.3) is 11.5 Å². The first-order valence-corrected chi connectivity index (χ1v) is 7.53. The molecule has 0 spiro atoms. The highest BCUT2D eigenvalue weighted by atomic mass is 16.5. The third-order valence-corrected chi connectivity index (χ3v) is 3.47. The van der Waals surface area contributed by atoms with Gasteiger partial charge in [-0.2, -0.15) is 0 Å². The molecule has 2 aromatic rings. The Labute approximate surface area is 137 Å². The van der Waals surface area contributed by atoms with Crippen LogP contribution in [0, 0.1) is 0 Å². The Bertz CT molecular complexity index is 635. The minimum Gasteiger partial charge on any atom is -0.444 e. The van der Waals surface area contributed by atoms with E-state index in [1.807, 2.05) is 44.2 Å². The van der Waals surface area contributed by atoms with Crippen molar-refractivity contribution in [1.82, 2.24) is 15.6 Å². The second kappa shape index (κ2) is 7.78. The molecule has 23 heavy (non-hydrogen) atoms. The van der Waals surface area contributed by atoms with E-state index in [1.54, 1.807) is 20.4 Å². The Morgan fingerprint density at radius 2 is 2.00 bits per heavy atom. The molecule has 1 heterocycles. The molecule has 2 rings (SSSR count). The monoisotopic (exact) mass is 316 g/mol. The second-order valence-electron chi connectivity index (χ2n) is 5.75. The molecule has 0 radical (unpaired) electrons. The van der Waals surface area contributed by atoms with E-state index >= 15 is 0 Å². The summed E-state index contributed by atoms with van der Waals surface area (Å²) in [6.07, 6.45) is 1.65. The third-order valence-electron chi connectivity index (χ3n) is 3.47. The van der Waals surface area contributed by atoms with Gasteiger partial charge in [0, 0.05) is 26.3 Å². The van der Waals surface area contributed by atoms with E-state index in [2.05, 4.69) is 20.6 Å². The van der Waals surface area contributed by atoms with Crippen LogP contribution in [0.4, 0.5) is 0 Å². The van der Waals surface area contributed by atoms with Gasteiger partial charge in [0.05, 0.1) is 17.8 Å². The molecule has 0 aliphatic rings. The molecule has 0 fully saturated rings. The number of nitrogens with one attached hydrogen (secondary N) is 2. The van der Waals surface area contributed by atoms with Gasteiger partial charge in [-0.15, -0.1) is 0 Å². The van der Waals surface area contributed by atoms with Crippen LogP contribution in [0.3, 0.4) is 0 Å². The van der Waals surface area contributed by atoms with E-state index in [0.717, 1.165) is 11.3 Å². The zero-order valence-electron chi connectivity index (χ0n) is 14.1. The predicted molar refractivity (Wildman–Crippen MR) is 91.2 cm³/mol. The highest BCUT2D eigenvalue weighted by Crippen LogP contribution is 2.17. The number of rotatable bonds is 6. The van der Waals surface area contributed by atoms with Crippen LogP contribution < -0.4 is 10.6 Å². The first-order chi connectivity index (χ1) is 11.0. The second-order valence-corrected chi connectivity index (χ2v) is 5.75. The van der Waals surface area contributed by atoms with E-state index in [1.165, 1.54) is 0 Å². The fourth-order valence-electron chi connectivity index (χ4n) is 1.87. The van der Waals surface area contributed by atoms with Gasteiger partial charge in [0.2, 0.25) is 5.89 Å². The number of benzene rings is 1. The lowest BCUT2D eigenvalue weighted by atomic mass is 10.1. The lowest BCUT2D eigenvalue weighted by Crippen LogP contribution is -2.45. The maximum Gasteiger partial charge on any atom is 0.226 e. The van der Waals surface area contributed by atoms with Crippen molar-refractivity contribution < 1.29 is 9.15 Å². The zero-order valence-corrected chi connectivity index (χ0v) is 14.1. The van der Waals surface area contributed by atoms with Crippen molar-refractivity contribution >= 4 is 5.96 Å². The molecule has 0 amide bonds. The van der Waals surface area contributed by atoms with E-state index in [4.69, 9.17) is 9.15 Å². The number of aromatic nitrogens is 1. The average Bonchev–Trinajstić information content (AvgIpc) is 3.05. The molecule has 0 aliphatic heterocycles. The summed E-state index contributed by atoms with van der Waals surface area (Å²) in [4.78, 5) is 8.66. The molecule has 0 saturated heterocycles. The van der Waals surface area contributed by atoms with E-state index in [-0.39, 0.29) is 5.60 Å². The number of hydrogen-bond acceptors (Lipinski definition) is 4. The summed E-state index contributed by atoms with van der Waals surface area (Å²) in [5.41, 5.74) is 1.52. The number of methoxy groups -OCH3 is 1. The fourth-order valence-corrected chi connectivity index (χ4v) is 1.87. The summed E-state index contributed by atoms with van der Waals surface area (Å²) >= 11 is 0. The third kappa shape index (κ3) is 5.10. The quantitative estimate of drug-likeness (QED) is 0.632. The topological polar surface area (TPSA) is 71.7 Å². The molecule has 6 heteroatoms. The van der Waals surface area contributed by atoms with Gasteiger partial charge in [-0.05, 0) is 26.0 Å². The SMILES string of the molecule is CN=C(NCc1coc(-c2ccccc2)n1)NCC(C)(C)OC. The highest BCUT2D eigenvalue weighted by molar-refractivity contribution is 5.79. The summed E-state index contributed by atoms with van der Waals surface area (Å²) in [6, 6.07) is 9.82. The molecule has 0 bridgehead atoms. The number of ether oxygens (including phenoxy) is 1. The van der Waals surface area contributed by atoms with Crippen LogP contribution >= 0.6 is 0 Å². The standard InChI is InChI=1S/C17H24N4O2/c1-17(2,22-4)12-20-16(18-3)19-10-14-11-23-15(21-14)13-8-6-5-7-9-13/h5-9,11H,10,12H2,1-4H3,(H2,18,19,20). The number of guanidine groups is 1. The Morgan fingerprint density at radius 1 is 1.26 bits per heavy atom. The smallest absolute Gasteiger partial charge is 0.226 e. The Hall–Kier alpha value is -2.34.